The molecule has 1 heterocycles. The standard InChI is InChI=1S/C24H23Cl2N3O4S3/c1-2-33-23(30)21-17-5-3-4-6-20(17)35-22(21)28-24(34)27-14-7-10-16(11-8-14)36(31,32)29-15-9-12-18(25)19(26)13-15/h7-13,29H,2-6H2,1H3,(H2,27,28,34). The van der Waals surface area contributed by atoms with Gasteiger partial charge in [-0.2, -0.15) is 0 Å². The van der Waals surface area contributed by atoms with Crippen LogP contribution in [-0.2, 0) is 27.6 Å². The maximum atomic E-state index is 12.7. The van der Waals surface area contributed by atoms with Crippen LogP contribution in [0.4, 0.5) is 16.4 Å². The summed E-state index contributed by atoms with van der Waals surface area (Å²) in [4.78, 5) is 13.9. The number of nitrogens with one attached hydrogen (secondary N) is 3. The monoisotopic (exact) mass is 583 g/mol. The minimum Gasteiger partial charge on any atom is -0.462 e. The van der Waals surface area contributed by atoms with Crippen molar-refractivity contribution in [2.75, 3.05) is 22.0 Å². The summed E-state index contributed by atoms with van der Waals surface area (Å²) in [6, 6.07) is 10.6. The topological polar surface area (TPSA) is 96.5 Å². The minimum absolute atomic E-state index is 0.0635. The summed E-state index contributed by atoms with van der Waals surface area (Å²) in [6.45, 7) is 2.07. The number of halogens is 2. The van der Waals surface area contributed by atoms with Gasteiger partial charge in [0, 0.05) is 10.6 Å². The number of ether oxygens (including phenoxy) is 1. The molecular formula is C24H23Cl2N3O4S3. The molecule has 2 aromatic carbocycles. The summed E-state index contributed by atoms with van der Waals surface area (Å²) in [5, 5.41) is 7.68. The zero-order valence-electron chi connectivity index (χ0n) is 19.2. The summed E-state index contributed by atoms with van der Waals surface area (Å²) >= 11 is 18.8. The molecule has 36 heavy (non-hydrogen) atoms. The zero-order chi connectivity index (χ0) is 25.9. The Balaban J connectivity index is 1.45. The Morgan fingerprint density at radius 1 is 1.03 bits per heavy atom. The highest BCUT2D eigenvalue weighted by molar-refractivity contribution is 7.92. The largest absolute Gasteiger partial charge is 0.462 e. The first kappa shape index (κ1) is 26.7. The maximum absolute atomic E-state index is 12.7. The predicted molar refractivity (Wildman–Crippen MR) is 150 cm³/mol. The fraction of sp³-hybridized carbons (Fsp3) is 0.250. The molecule has 0 amide bonds. The van der Waals surface area contributed by atoms with Crippen LogP contribution in [-0.4, -0.2) is 26.1 Å². The first-order valence-electron chi connectivity index (χ1n) is 11.2. The molecule has 0 fully saturated rings. The van der Waals surface area contributed by atoms with E-state index in [-0.39, 0.29) is 21.0 Å². The van der Waals surface area contributed by atoms with Gasteiger partial charge in [0.25, 0.3) is 10.0 Å². The van der Waals surface area contributed by atoms with E-state index in [9.17, 15) is 13.2 Å². The fourth-order valence-corrected chi connectivity index (χ4v) is 6.74. The number of fused-ring (bicyclic) bond motifs is 1. The Morgan fingerprint density at radius 3 is 2.42 bits per heavy atom. The van der Waals surface area contributed by atoms with Crippen molar-refractivity contribution < 1.29 is 17.9 Å². The average Bonchev–Trinajstić information content (AvgIpc) is 3.19. The van der Waals surface area contributed by atoms with Gasteiger partial charge in [-0.05, 0) is 92.9 Å². The Hall–Kier alpha value is -2.37. The van der Waals surface area contributed by atoms with E-state index in [1.807, 2.05) is 0 Å². The molecule has 4 rings (SSSR count). The molecule has 7 nitrogen and oxygen atoms in total. The Labute approximate surface area is 229 Å². The van der Waals surface area contributed by atoms with E-state index in [0.717, 1.165) is 31.2 Å². The van der Waals surface area contributed by atoms with E-state index in [1.165, 1.54) is 46.5 Å². The Bertz CT molecular complexity index is 1410. The van der Waals surface area contributed by atoms with Crippen molar-refractivity contribution in [1.29, 1.82) is 0 Å². The second-order valence-corrected chi connectivity index (χ2v) is 12.0. The van der Waals surface area contributed by atoms with E-state index >= 15 is 0 Å². The number of sulfonamides is 1. The zero-order valence-corrected chi connectivity index (χ0v) is 23.2. The van der Waals surface area contributed by atoms with Gasteiger partial charge in [0.05, 0.1) is 32.8 Å². The molecule has 12 heteroatoms. The molecule has 0 radical (unpaired) electrons. The first-order chi connectivity index (χ1) is 17.2. The van der Waals surface area contributed by atoms with Crippen LogP contribution < -0.4 is 15.4 Å². The van der Waals surface area contributed by atoms with Gasteiger partial charge in [-0.3, -0.25) is 4.72 Å². The predicted octanol–water partition coefficient (Wildman–Crippen LogP) is 6.72. The van der Waals surface area contributed by atoms with Gasteiger partial charge in [-0.25, -0.2) is 13.2 Å². The molecule has 0 spiro atoms. The summed E-state index contributed by atoms with van der Waals surface area (Å²) in [5.74, 6) is -0.355. The first-order valence-corrected chi connectivity index (χ1v) is 14.6. The van der Waals surface area contributed by atoms with Crippen molar-refractivity contribution in [3.05, 3.63) is 68.5 Å². The molecule has 0 unspecified atom stereocenters. The van der Waals surface area contributed by atoms with Crippen molar-refractivity contribution in [2.45, 2.75) is 37.5 Å². The molecule has 3 N–H and O–H groups in total. The second-order valence-electron chi connectivity index (χ2n) is 7.97. The number of thiophene rings is 1. The molecule has 0 bridgehead atoms. The molecular weight excluding hydrogens is 561 g/mol. The number of carbonyl (C=O) groups excluding carboxylic acids is 1. The lowest BCUT2D eigenvalue weighted by molar-refractivity contribution is 0.0526. The van der Waals surface area contributed by atoms with Crippen LogP contribution in [0.5, 0.6) is 0 Å². The smallest absolute Gasteiger partial charge is 0.341 e. The number of thiocarbonyl (C=S) groups is 1. The Kier molecular flexibility index (Phi) is 8.41. The third-order valence-electron chi connectivity index (χ3n) is 5.47. The number of carbonyl (C=O) groups is 1. The van der Waals surface area contributed by atoms with E-state index < -0.39 is 10.0 Å². The SMILES string of the molecule is CCOC(=O)c1c(NC(=S)Nc2ccc(S(=O)(=O)Nc3ccc(Cl)c(Cl)c3)cc2)sc2c1CCCC2. The van der Waals surface area contributed by atoms with E-state index in [1.54, 1.807) is 19.1 Å². The van der Waals surface area contributed by atoms with Crippen LogP contribution in [0.2, 0.25) is 10.0 Å². The number of hydrogen-bond acceptors (Lipinski definition) is 6. The molecule has 0 aliphatic heterocycles. The fourth-order valence-electron chi connectivity index (χ4n) is 3.83. The number of aryl methyl sites for hydroxylation is 1. The molecule has 190 valence electrons. The summed E-state index contributed by atoms with van der Waals surface area (Å²) in [5.41, 5.74) is 2.47. The van der Waals surface area contributed by atoms with Gasteiger partial charge < -0.3 is 15.4 Å². The van der Waals surface area contributed by atoms with Crippen molar-refractivity contribution in [1.82, 2.24) is 0 Å². The van der Waals surface area contributed by atoms with Crippen molar-refractivity contribution in [2.24, 2.45) is 0 Å². The lowest BCUT2D eigenvalue weighted by Crippen LogP contribution is -2.20. The van der Waals surface area contributed by atoms with Crippen LogP contribution in [0.15, 0.2) is 47.4 Å². The lowest BCUT2D eigenvalue weighted by atomic mass is 9.95. The van der Waals surface area contributed by atoms with Crippen molar-refractivity contribution in [3.63, 3.8) is 0 Å². The highest BCUT2D eigenvalue weighted by Gasteiger charge is 2.26. The van der Waals surface area contributed by atoms with Gasteiger partial charge in [-0.15, -0.1) is 11.3 Å². The van der Waals surface area contributed by atoms with Crippen LogP contribution in [0.3, 0.4) is 0 Å². The number of esters is 1. The minimum atomic E-state index is -3.84. The quantitative estimate of drug-likeness (QED) is 0.210. The third kappa shape index (κ3) is 6.12. The number of rotatable bonds is 7. The highest BCUT2D eigenvalue weighted by Crippen LogP contribution is 2.38. The van der Waals surface area contributed by atoms with Crippen LogP contribution in [0.1, 0.15) is 40.6 Å². The van der Waals surface area contributed by atoms with Crippen molar-refractivity contribution in [3.8, 4) is 0 Å². The van der Waals surface area contributed by atoms with E-state index in [0.29, 0.717) is 33.6 Å². The van der Waals surface area contributed by atoms with Crippen LogP contribution >= 0.6 is 46.8 Å². The van der Waals surface area contributed by atoms with Gasteiger partial charge >= 0.3 is 5.97 Å². The third-order valence-corrected chi connectivity index (χ3v) is 9.02. The summed E-state index contributed by atoms with van der Waals surface area (Å²) in [7, 11) is -3.84. The molecule has 1 aliphatic rings. The number of hydrogen-bond donors (Lipinski definition) is 3. The van der Waals surface area contributed by atoms with Crippen LogP contribution in [0.25, 0.3) is 0 Å². The molecule has 3 aromatic rings. The maximum Gasteiger partial charge on any atom is 0.341 e. The Morgan fingerprint density at radius 2 is 1.72 bits per heavy atom. The van der Waals surface area contributed by atoms with Crippen LogP contribution in [0, 0.1) is 0 Å². The summed E-state index contributed by atoms with van der Waals surface area (Å²) in [6.07, 6.45) is 3.90. The summed E-state index contributed by atoms with van der Waals surface area (Å²) < 4.78 is 33.2. The molecule has 1 aromatic heterocycles. The molecule has 0 saturated carbocycles. The number of benzene rings is 2. The van der Waals surface area contributed by atoms with E-state index in [2.05, 4.69) is 15.4 Å². The van der Waals surface area contributed by atoms with Gasteiger partial charge in [0.15, 0.2) is 5.11 Å². The molecule has 0 atom stereocenters. The van der Waals surface area contributed by atoms with Gasteiger partial charge in [-0.1, -0.05) is 23.2 Å². The lowest BCUT2D eigenvalue weighted by Gasteiger charge is -2.13. The molecule has 1 aliphatic carbocycles. The van der Waals surface area contributed by atoms with Gasteiger partial charge in [0.1, 0.15) is 5.00 Å². The van der Waals surface area contributed by atoms with Gasteiger partial charge in [0.2, 0.25) is 0 Å². The number of anilines is 3. The highest BCUT2D eigenvalue weighted by atomic mass is 35.5. The van der Waals surface area contributed by atoms with E-state index in [4.69, 9.17) is 40.2 Å². The molecule has 0 saturated heterocycles. The normalized spacial score (nSPS) is 13.0. The van der Waals surface area contributed by atoms with Crippen molar-refractivity contribution >= 4 is 84.2 Å². The average molecular weight is 585 g/mol. The second kappa shape index (κ2) is 11.4.